The molecule has 0 radical (unpaired) electrons. The van der Waals surface area contributed by atoms with E-state index in [0.717, 1.165) is 89.9 Å². The van der Waals surface area contributed by atoms with Crippen molar-refractivity contribution >= 4 is 25.7 Å². The van der Waals surface area contributed by atoms with Gasteiger partial charge in [0.05, 0.1) is 13.2 Å². The van der Waals surface area contributed by atoms with Crippen LogP contribution in [0.2, 0.25) is 0 Å². The van der Waals surface area contributed by atoms with Crippen LogP contribution >= 0.6 is 7.82 Å². The van der Waals surface area contributed by atoms with Crippen molar-refractivity contribution in [2.45, 2.75) is 382 Å². The zero-order valence-corrected chi connectivity index (χ0v) is 58.2. The molecule has 24 nitrogen and oxygen atoms in total. The van der Waals surface area contributed by atoms with Gasteiger partial charge < -0.3 is 89.1 Å². The minimum absolute atomic E-state index is 0.0309. The molecule has 552 valence electrons. The van der Waals surface area contributed by atoms with E-state index in [1.165, 1.54) is 122 Å². The molecule has 0 bridgehead atoms. The maximum absolute atomic E-state index is 14.3. The molecular weight excluding hydrogens is 1240 g/mol. The molecule has 94 heavy (non-hydrogen) atoms. The maximum Gasteiger partial charge on any atom is 0.472 e. The van der Waals surface area contributed by atoms with Gasteiger partial charge in [-0.15, -0.1) is 0 Å². The van der Waals surface area contributed by atoms with Crippen LogP contribution in [-0.4, -0.2) is 204 Å². The number of phosphoric acid groups is 1. The molecular formula is C69H127O24P. The lowest BCUT2D eigenvalue weighted by Gasteiger charge is -2.49. The quantitative estimate of drug-likeness (QED) is 0.00888. The topological polar surface area (TPSA) is 374 Å². The summed E-state index contributed by atoms with van der Waals surface area (Å²) in [5.74, 6) is -2.00. The monoisotopic (exact) mass is 1370 g/mol. The molecule has 18 atom stereocenters. The molecule has 2 saturated heterocycles. The number of hydrogen-bond acceptors (Lipinski definition) is 23. The van der Waals surface area contributed by atoms with Crippen molar-refractivity contribution in [2.24, 2.45) is 0 Å². The molecule has 25 heteroatoms. The highest BCUT2D eigenvalue weighted by Crippen LogP contribution is 2.49. The SMILES string of the molecule is CCCCCCCCC/C=C\CCCCCC(=O)OC(COC(=O)CCCCCCCCCCCCCCCC)COP(=O)(O)OC1C(OC2OC(CO)C(O)C(O)C2O)C(O)C(O)C(O)C1OC1OC(COC(=O)CCCCCCCCCCCCC)C(O)C(O)C1O. The minimum atomic E-state index is -5.69. The molecule has 0 spiro atoms. The van der Waals surface area contributed by atoms with E-state index in [1.54, 1.807) is 0 Å². The number of aliphatic hydroxyl groups is 10. The molecule has 3 aliphatic rings. The van der Waals surface area contributed by atoms with Crippen LogP contribution in [0.25, 0.3) is 0 Å². The standard InChI is InChI=1S/C69H127O24P/c1-4-7-10-13-16-19-22-24-26-29-32-34-37-40-43-53(71)85-47-50(88-55(73)45-42-39-36-33-30-27-25-23-20-17-14-11-8-5-2)48-87-94(83,84)93-67-65(91-68-63(81)58(76)56(74)51(46-70)89-68)61(79)60(78)62(80)66(67)92-69-64(82)59(77)57(75)52(90-69)49-86-54(72)44-41-38-35-31-28-21-18-15-12-9-6-3/h27,30,50-52,56-70,74-82H,4-26,28-29,31-49H2,1-3H3,(H,83,84)/b30-27-. The Morgan fingerprint density at radius 1 is 0.404 bits per heavy atom. The minimum Gasteiger partial charge on any atom is -0.463 e. The van der Waals surface area contributed by atoms with Gasteiger partial charge in [-0.25, -0.2) is 4.57 Å². The van der Waals surface area contributed by atoms with Gasteiger partial charge in [0.2, 0.25) is 0 Å². The largest absolute Gasteiger partial charge is 0.472 e. The molecule has 3 fully saturated rings. The third-order valence-electron chi connectivity index (χ3n) is 18.0. The highest BCUT2D eigenvalue weighted by Gasteiger charge is 2.58. The number of carbonyl (C=O) groups is 3. The number of allylic oxidation sites excluding steroid dienone is 2. The van der Waals surface area contributed by atoms with Gasteiger partial charge in [0.15, 0.2) is 18.7 Å². The average Bonchev–Trinajstić information content (AvgIpc) is 0.766. The molecule has 1 saturated carbocycles. The third kappa shape index (κ3) is 35.1. The summed E-state index contributed by atoms with van der Waals surface area (Å²) in [5, 5.41) is 110. The van der Waals surface area contributed by atoms with E-state index < -0.39 is 156 Å². The number of phosphoric ester groups is 1. The van der Waals surface area contributed by atoms with Crippen molar-refractivity contribution in [2.75, 3.05) is 26.4 Å². The van der Waals surface area contributed by atoms with Crippen LogP contribution in [0, 0.1) is 0 Å². The number of hydrogen-bond donors (Lipinski definition) is 11. The predicted octanol–water partition coefficient (Wildman–Crippen LogP) is 9.18. The van der Waals surface area contributed by atoms with Crippen molar-refractivity contribution in [3.8, 4) is 0 Å². The van der Waals surface area contributed by atoms with Crippen LogP contribution < -0.4 is 0 Å². The van der Waals surface area contributed by atoms with E-state index >= 15 is 0 Å². The molecule has 0 aromatic heterocycles. The first-order chi connectivity index (χ1) is 45.3. The van der Waals surface area contributed by atoms with Gasteiger partial charge in [0.25, 0.3) is 0 Å². The number of unbranched alkanes of at least 4 members (excludes halogenated alkanes) is 33. The van der Waals surface area contributed by atoms with E-state index in [9.17, 15) is 74.9 Å². The van der Waals surface area contributed by atoms with E-state index in [2.05, 4.69) is 32.9 Å². The van der Waals surface area contributed by atoms with Crippen LogP contribution in [0.4, 0.5) is 0 Å². The van der Waals surface area contributed by atoms with Gasteiger partial charge in [-0.2, -0.15) is 0 Å². The highest BCUT2D eigenvalue weighted by molar-refractivity contribution is 7.47. The second kappa shape index (κ2) is 51.8. The maximum atomic E-state index is 14.3. The highest BCUT2D eigenvalue weighted by atomic mass is 31.2. The van der Waals surface area contributed by atoms with Gasteiger partial charge in [-0.05, 0) is 44.9 Å². The van der Waals surface area contributed by atoms with Crippen molar-refractivity contribution in [3.05, 3.63) is 12.2 Å². The Labute approximate surface area is 561 Å². The first-order valence-corrected chi connectivity index (χ1v) is 38.0. The summed E-state index contributed by atoms with van der Waals surface area (Å²) in [7, 11) is -5.69. The number of aliphatic hydroxyl groups excluding tert-OH is 10. The van der Waals surface area contributed by atoms with Crippen molar-refractivity contribution in [3.63, 3.8) is 0 Å². The molecule has 3 rings (SSSR count). The summed E-state index contributed by atoms with van der Waals surface area (Å²) in [5.41, 5.74) is 0. The summed E-state index contributed by atoms with van der Waals surface area (Å²) < 4.78 is 64.9. The summed E-state index contributed by atoms with van der Waals surface area (Å²) in [6, 6.07) is 0. The van der Waals surface area contributed by atoms with Crippen molar-refractivity contribution in [1.29, 1.82) is 0 Å². The molecule has 18 unspecified atom stereocenters. The van der Waals surface area contributed by atoms with Crippen LogP contribution in [0.1, 0.15) is 278 Å². The average molecular weight is 1370 g/mol. The lowest BCUT2D eigenvalue weighted by Crippen LogP contribution is -2.69. The fourth-order valence-electron chi connectivity index (χ4n) is 12.0. The summed E-state index contributed by atoms with van der Waals surface area (Å²) >= 11 is 0. The van der Waals surface area contributed by atoms with Gasteiger partial charge in [-0.3, -0.25) is 23.4 Å². The number of rotatable bonds is 56. The normalized spacial score (nSPS) is 28.3. The van der Waals surface area contributed by atoms with Crippen molar-refractivity contribution in [1.82, 2.24) is 0 Å². The van der Waals surface area contributed by atoms with Crippen LogP contribution in [0.15, 0.2) is 12.2 Å². The Kier molecular flexibility index (Phi) is 47.3. The molecule has 2 aliphatic heterocycles. The second-order valence-electron chi connectivity index (χ2n) is 26.3. The molecule has 2 heterocycles. The van der Waals surface area contributed by atoms with Gasteiger partial charge in [-0.1, -0.05) is 226 Å². The molecule has 0 aromatic rings. The van der Waals surface area contributed by atoms with Gasteiger partial charge in [0, 0.05) is 19.3 Å². The van der Waals surface area contributed by atoms with Crippen molar-refractivity contribution < 1.29 is 117 Å². The molecule has 1 aliphatic carbocycles. The Morgan fingerprint density at radius 2 is 0.745 bits per heavy atom. The number of ether oxygens (including phenoxy) is 7. The zero-order valence-electron chi connectivity index (χ0n) is 57.3. The summed E-state index contributed by atoms with van der Waals surface area (Å²) in [4.78, 5) is 50.9. The van der Waals surface area contributed by atoms with E-state index in [1.807, 2.05) is 0 Å². The number of carbonyl (C=O) groups excluding carboxylic acids is 3. The smallest absolute Gasteiger partial charge is 0.463 e. The first-order valence-electron chi connectivity index (χ1n) is 36.5. The summed E-state index contributed by atoms with van der Waals surface area (Å²) in [6.07, 6.45) is 8.75. The lowest BCUT2D eigenvalue weighted by atomic mass is 9.84. The van der Waals surface area contributed by atoms with Gasteiger partial charge >= 0.3 is 25.7 Å². The molecule has 11 N–H and O–H groups in total. The summed E-state index contributed by atoms with van der Waals surface area (Å²) in [6.45, 7) is 3.41. The Morgan fingerprint density at radius 3 is 1.16 bits per heavy atom. The van der Waals surface area contributed by atoms with Crippen LogP contribution in [0.5, 0.6) is 0 Å². The van der Waals surface area contributed by atoms with E-state index in [-0.39, 0.29) is 19.3 Å². The molecule has 0 amide bonds. The van der Waals surface area contributed by atoms with Crippen LogP contribution in [-0.2, 0) is 61.2 Å². The first kappa shape index (κ1) is 85.9. The van der Waals surface area contributed by atoms with Gasteiger partial charge in [0.1, 0.15) is 98.7 Å². The second-order valence-corrected chi connectivity index (χ2v) is 27.7. The van der Waals surface area contributed by atoms with Crippen LogP contribution in [0.3, 0.4) is 0 Å². The predicted molar refractivity (Wildman–Crippen MR) is 352 cm³/mol. The Bertz CT molecular complexity index is 2010. The van der Waals surface area contributed by atoms with E-state index in [4.69, 9.17) is 42.2 Å². The lowest BCUT2D eigenvalue weighted by molar-refractivity contribution is -0.360. The van der Waals surface area contributed by atoms with E-state index in [0.29, 0.717) is 25.7 Å². The third-order valence-corrected chi connectivity index (χ3v) is 19.0. The Balaban J connectivity index is 1.76. The molecule has 0 aromatic carbocycles. The zero-order chi connectivity index (χ0) is 68.9. The number of esters is 3. The Hall–Kier alpha value is -2.30. The fourth-order valence-corrected chi connectivity index (χ4v) is 13.0. The fraction of sp³-hybridized carbons (Fsp3) is 0.928.